The lowest BCUT2D eigenvalue weighted by Crippen LogP contribution is -2.41. The van der Waals surface area contributed by atoms with Crippen molar-refractivity contribution in [3.05, 3.63) is 42.7 Å². The van der Waals surface area contributed by atoms with E-state index in [9.17, 15) is 4.79 Å². The predicted molar refractivity (Wildman–Crippen MR) is 109 cm³/mol. The Bertz CT molecular complexity index is 912. The first-order valence-corrected chi connectivity index (χ1v) is 10.0. The van der Waals surface area contributed by atoms with Gasteiger partial charge in [-0.3, -0.25) is 9.36 Å². The summed E-state index contributed by atoms with van der Waals surface area (Å²) in [5.74, 6) is 2.15. The fraction of sp³-hybridized carbons (Fsp3) is 0.350. The number of furan rings is 1. The summed E-state index contributed by atoms with van der Waals surface area (Å²) in [5, 5.41) is 12.1. The van der Waals surface area contributed by atoms with Crippen molar-refractivity contribution in [1.82, 2.24) is 20.1 Å². The summed E-state index contributed by atoms with van der Waals surface area (Å²) in [7, 11) is 0. The summed E-state index contributed by atoms with van der Waals surface area (Å²) >= 11 is 1.33. The predicted octanol–water partition coefficient (Wildman–Crippen LogP) is 3.93. The highest BCUT2D eigenvalue weighted by atomic mass is 32.2. The number of ether oxygens (including phenoxy) is 1. The Morgan fingerprint density at radius 2 is 1.96 bits per heavy atom. The van der Waals surface area contributed by atoms with Crippen molar-refractivity contribution in [2.45, 2.75) is 38.4 Å². The molecule has 0 spiro atoms. The summed E-state index contributed by atoms with van der Waals surface area (Å²) in [6, 6.07) is 11.3. The number of rotatable bonds is 7. The van der Waals surface area contributed by atoms with Crippen LogP contribution in [0, 0.1) is 0 Å². The number of thioether (sulfide) groups is 1. The highest BCUT2D eigenvalue weighted by Crippen LogP contribution is 2.29. The molecule has 0 radical (unpaired) electrons. The molecule has 148 valence electrons. The van der Waals surface area contributed by atoms with Gasteiger partial charge in [-0.25, -0.2) is 0 Å². The molecule has 2 heterocycles. The SMILES string of the molecule is CCOc1ccc(-n2c(SCC(=O)NC(C)(C)C)nnc2-c2ccco2)cc1. The van der Waals surface area contributed by atoms with Crippen LogP contribution in [0.15, 0.2) is 52.2 Å². The molecule has 0 aliphatic rings. The van der Waals surface area contributed by atoms with E-state index < -0.39 is 0 Å². The van der Waals surface area contributed by atoms with Gasteiger partial charge in [0.05, 0.1) is 24.3 Å². The highest BCUT2D eigenvalue weighted by molar-refractivity contribution is 7.99. The van der Waals surface area contributed by atoms with E-state index in [1.54, 1.807) is 12.3 Å². The third-order valence-corrected chi connectivity index (χ3v) is 4.56. The monoisotopic (exact) mass is 400 g/mol. The Labute approximate surface area is 168 Å². The average Bonchev–Trinajstić information content (AvgIpc) is 3.29. The zero-order valence-electron chi connectivity index (χ0n) is 16.4. The number of nitrogens with one attached hydrogen (secondary N) is 1. The smallest absolute Gasteiger partial charge is 0.230 e. The van der Waals surface area contributed by atoms with Crippen LogP contribution in [-0.2, 0) is 4.79 Å². The molecule has 28 heavy (non-hydrogen) atoms. The molecule has 1 N–H and O–H groups in total. The maximum absolute atomic E-state index is 12.2. The molecule has 8 heteroatoms. The van der Waals surface area contributed by atoms with Gasteiger partial charge in [-0.05, 0) is 64.1 Å². The van der Waals surface area contributed by atoms with Crippen LogP contribution in [0.5, 0.6) is 5.75 Å². The second kappa shape index (κ2) is 8.52. The first-order valence-electron chi connectivity index (χ1n) is 9.03. The van der Waals surface area contributed by atoms with Gasteiger partial charge in [0.25, 0.3) is 0 Å². The van der Waals surface area contributed by atoms with E-state index >= 15 is 0 Å². The summed E-state index contributed by atoms with van der Waals surface area (Å²) in [4.78, 5) is 12.2. The molecule has 0 saturated heterocycles. The summed E-state index contributed by atoms with van der Waals surface area (Å²) in [5.41, 5.74) is 0.582. The molecular formula is C20H24N4O3S. The Morgan fingerprint density at radius 1 is 1.21 bits per heavy atom. The molecule has 3 aromatic rings. The zero-order chi connectivity index (χ0) is 20.1. The molecule has 0 saturated carbocycles. The Balaban J connectivity index is 1.89. The van der Waals surface area contributed by atoms with Gasteiger partial charge in [0.1, 0.15) is 5.75 Å². The lowest BCUT2D eigenvalue weighted by atomic mass is 10.1. The molecule has 2 aromatic heterocycles. The van der Waals surface area contributed by atoms with Crippen LogP contribution in [0.3, 0.4) is 0 Å². The Kier molecular flexibility index (Phi) is 6.08. The van der Waals surface area contributed by atoms with E-state index in [0.717, 1.165) is 11.4 Å². The number of carbonyl (C=O) groups excluding carboxylic acids is 1. The third-order valence-electron chi connectivity index (χ3n) is 3.63. The van der Waals surface area contributed by atoms with Gasteiger partial charge in [0.15, 0.2) is 10.9 Å². The highest BCUT2D eigenvalue weighted by Gasteiger charge is 2.20. The molecule has 0 unspecified atom stereocenters. The topological polar surface area (TPSA) is 82.2 Å². The molecule has 1 amide bonds. The number of hydrogen-bond donors (Lipinski definition) is 1. The van der Waals surface area contributed by atoms with Gasteiger partial charge in [0, 0.05) is 5.54 Å². The first-order chi connectivity index (χ1) is 13.4. The van der Waals surface area contributed by atoms with Crippen molar-refractivity contribution in [3.8, 4) is 23.0 Å². The van der Waals surface area contributed by atoms with Crippen LogP contribution >= 0.6 is 11.8 Å². The number of aromatic nitrogens is 3. The maximum Gasteiger partial charge on any atom is 0.230 e. The summed E-state index contributed by atoms with van der Waals surface area (Å²) in [6.45, 7) is 8.40. The minimum Gasteiger partial charge on any atom is -0.494 e. The number of amides is 1. The Morgan fingerprint density at radius 3 is 2.57 bits per heavy atom. The van der Waals surface area contributed by atoms with Gasteiger partial charge in [0.2, 0.25) is 11.7 Å². The summed E-state index contributed by atoms with van der Waals surface area (Å²) < 4.78 is 12.9. The number of benzene rings is 1. The van der Waals surface area contributed by atoms with Crippen molar-refractivity contribution in [2.24, 2.45) is 0 Å². The molecule has 0 aliphatic heterocycles. The second-order valence-electron chi connectivity index (χ2n) is 7.13. The molecule has 7 nitrogen and oxygen atoms in total. The van der Waals surface area contributed by atoms with E-state index in [2.05, 4.69) is 15.5 Å². The minimum atomic E-state index is -0.278. The lowest BCUT2D eigenvalue weighted by Gasteiger charge is -2.20. The largest absolute Gasteiger partial charge is 0.494 e. The molecule has 3 rings (SSSR count). The van der Waals surface area contributed by atoms with E-state index in [-0.39, 0.29) is 17.2 Å². The van der Waals surface area contributed by atoms with Gasteiger partial charge < -0.3 is 14.5 Å². The fourth-order valence-electron chi connectivity index (χ4n) is 2.60. The summed E-state index contributed by atoms with van der Waals surface area (Å²) in [6.07, 6.45) is 1.59. The minimum absolute atomic E-state index is 0.0571. The molecule has 0 aliphatic carbocycles. The van der Waals surface area contributed by atoms with Crippen molar-refractivity contribution < 1.29 is 13.9 Å². The van der Waals surface area contributed by atoms with E-state index in [1.165, 1.54) is 11.8 Å². The van der Waals surface area contributed by atoms with Gasteiger partial charge in [-0.1, -0.05) is 11.8 Å². The number of nitrogens with zero attached hydrogens (tertiary/aromatic N) is 3. The van der Waals surface area contributed by atoms with Crippen molar-refractivity contribution in [2.75, 3.05) is 12.4 Å². The van der Waals surface area contributed by atoms with Crippen LogP contribution in [0.1, 0.15) is 27.7 Å². The molecule has 0 bridgehead atoms. The van der Waals surface area contributed by atoms with Crippen molar-refractivity contribution in [3.63, 3.8) is 0 Å². The standard InChI is InChI=1S/C20H24N4O3S/c1-5-26-15-10-8-14(9-11-15)24-18(16-7-6-12-27-16)22-23-19(24)28-13-17(25)21-20(2,3)4/h6-12H,5,13H2,1-4H3,(H,21,25). The molecular weight excluding hydrogens is 376 g/mol. The fourth-order valence-corrected chi connectivity index (χ4v) is 3.36. The average molecular weight is 401 g/mol. The molecule has 1 aromatic carbocycles. The normalized spacial score (nSPS) is 11.4. The lowest BCUT2D eigenvalue weighted by molar-refractivity contribution is -0.119. The van der Waals surface area contributed by atoms with Gasteiger partial charge in [-0.15, -0.1) is 10.2 Å². The number of carbonyl (C=O) groups is 1. The van der Waals surface area contributed by atoms with Gasteiger partial charge in [-0.2, -0.15) is 0 Å². The third kappa shape index (κ3) is 4.95. The van der Waals surface area contributed by atoms with Crippen LogP contribution in [0.2, 0.25) is 0 Å². The van der Waals surface area contributed by atoms with Crippen molar-refractivity contribution in [1.29, 1.82) is 0 Å². The van der Waals surface area contributed by atoms with E-state index in [1.807, 2.05) is 62.6 Å². The Hall–Kier alpha value is -2.74. The van der Waals surface area contributed by atoms with Crippen LogP contribution < -0.4 is 10.1 Å². The van der Waals surface area contributed by atoms with Crippen molar-refractivity contribution >= 4 is 17.7 Å². The van der Waals surface area contributed by atoms with E-state index in [4.69, 9.17) is 9.15 Å². The van der Waals surface area contributed by atoms with Crippen LogP contribution in [0.4, 0.5) is 0 Å². The maximum atomic E-state index is 12.2. The molecule has 0 atom stereocenters. The quantitative estimate of drug-likeness (QED) is 0.605. The van der Waals surface area contributed by atoms with Crippen LogP contribution in [-0.4, -0.2) is 38.6 Å². The molecule has 0 fully saturated rings. The van der Waals surface area contributed by atoms with E-state index in [0.29, 0.717) is 23.3 Å². The second-order valence-corrected chi connectivity index (χ2v) is 8.08. The van der Waals surface area contributed by atoms with Gasteiger partial charge >= 0.3 is 0 Å². The first kappa shape index (κ1) is 20.0. The zero-order valence-corrected chi connectivity index (χ0v) is 17.2. The van der Waals surface area contributed by atoms with Crippen LogP contribution in [0.25, 0.3) is 17.3 Å². The number of hydrogen-bond acceptors (Lipinski definition) is 6.